The summed E-state index contributed by atoms with van der Waals surface area (Å²) >= 11 is 0. The number of halogens is 3. The first kappa shape index (κ1) is 16.6. The minimum absolute atomic E-state index is 0. The zero-order chi connectivity index (χ0) is 14.0. The molecular weight excluding hydrogens is 299 g/mol. The third-order valence-electron chi connectivity index (χ3n) is 6.38. The van der Waals surface area contributed by atoms with Gasteiger partial charge in [-0.1, -0.05) is 74.2 Å². The minimum Gasteiger partial charge on any atom is -0.449 e. The molecule has 0 aromatic heterocycles. The van der Waals surface area contributed by atoms with Gasteiger partial charge >= 0.3 is 58.4 Å². The predicted octanol–water partition coefficient (Wildman–Crippen LogP) is 2.13. The average Bonchev–Trinajstić information content (AvgIpc) is 2.78. The van der Waals surface area contributed by atoms with E-state index < -0.39 is 12.3 Å². The zero-order valence-corrected chi connectivity index (χ0v) is 15.6. The van der Waals surface area contributed by atoms with Gasteiger partial charge in [0.2, 0.25) is 0 Å². The van der Waals surface area contributed by atoms with Crippen molar-refractivity contribution in [3.8, 4) is 0 Å². The van der Waals surface area contributed by atoms with Crippen LogP contribution >= 0.6 is 0 Å². The molecule has 0 amide bonds. The van der Waals surface area contributed by atoms with Gasteiger partial charge in [0.1, 0.15) is 0 Å². The Hall–Kier alpha value is 0.711. The molecule has 1 aromatic carbocycles. The van der Waals surface area contributed by atoms with Gasteiger partial charge in [-0.05, 0) is 22.8 Å². The number of hydrogen-bond acceptors (Lipinski definition) is 0. The van der Waals surface area contributed by atoms with Crippen LogP contribution in [0.25, 0.3) is 0 Å². The molecule has 5 heteroatoms. The fourth-order valence-electron chi connectivity index (χ4n) is 5.65. The maximum atomic E-state index is 13.6. The van der Waals surface area contributed by atoms with E-state index in [1.54, 1.807) is 0 Å². The summed E-state index contributed by atoms with van der Waals surface area (Å²) in [6.45, 7) is -4.70. The van der Waals surface area contributed by atoms with Gasteiger partial charge < -0.3 is 12.9 Å². The quantitative estimate of drug-likeness (QED) is 0.749. The van der Waals surface area contributed by atoms with E-state index in [0.717, 1.165) is 31.2 Å². The van der Waals surface area contributed by atoms with Gasteiger partial charge in [-0.25, -0.2) is 0 Å². The molecule has 0 radical (unpaired) electrons. The molecule has 0 heterocycles. The molecule has 4 saturated carbocycles. The van der Waals surface area contributed by atoms with Gasteiger partial charge in [0.05, 0.1) is 0 Å². The molecule has 0 unspecified atom stereocenters. The zero-order valence-electron chi connectivity index (χ0n) is 12.5. The van der Waals surface area contributed by atoms with E-state index in [1.165, 1.54) is 0 Å². The number of rotatable bonds is 3. The fraction of sp³-hybridized carbons (Fsp3) is 0.625. The summed E-state index contributed by atoms with van der Waals surface area (Å²) in [6, 6.07) is 9.95. The monoisotopic (exact) mass is 318 g/mol. The van der Waals surface area contributed by atoms with Crippen molar-refractivity contribution in [1.82, 2.24) is 0 Å². The first-order chi connectivity index (χ1) is 9.50. The van der Waals surface area contributed by atoms with Gasteiger partial charge in [0, 0.05) is 0 Å². The number of hydrogen-bond donors (Lipinski definition) is 0. The molecule has 0 saturated heterocycles. The molecule has 4 fully saturated rings. The first-order valence-electron chi connectivity index (χ1n) is 7.75. The topological polar surface area (TPSA) is 0 Å². The van der Waals surface area contributed by atoms with E-state index in [0.29, 0.717) is 18.8 Å². The molecule has 0 N–H and O–H groups in total. The van der Waals surface area contributed by atoms with Crippen LogP contribution in [0.1, 0.15) is 44.1 Å². The van der Waals surface area contributed by atoms with Crippen LogP contribution in [0.5, 0.6) is 0 Å². The van der Waals surface area contributed by atoms with Crippen molar-refractivity contribution < 1.29 is 64.3 Å². The molecule has 4 aliphatic carbocycles. The fourth-order valence-corrected chi connectivity index (χ4v) is 5.65. The van der Waals surface area contributed by atoms with Gasteiger partial charge in [0.15, 0.2) is 0 Å². The van der Waals surface area contributed by atoms with Gasteiger partial charge in [-0.2, -0.15) is 0 Å². The van der Waals surface area contributed by atoms with Crippen molar-refractivity contribution in [2.45, 2.75) is 49.3 Å². The normalized spacial score (nSPS) is 38.3. The molecule has 0 spiro atoms. The Bertz CT molecular complexity index is 516. The minimum atomic E-state index is -4.70. The molecule has 108 valence electrons. The Balaban J connectivity index is 0.00000132. The molecular formula is C16H19BF3K. The van der Waals surface area contributed by atoms with E-state index in [9.17, 15) is 12.9 Å². The molecule has 1 atom stereocenters. The Labute approximate surface area is 166 Å². The Morgan fingerprint density at radius 3 is 2.05 bits per heavy atom. The van der Waals surface area contributed by atoms with Crippen molar-refractivity contribution >= 4 is 6.98 Å². The molecule has 0 aliphatic heterocycles. The van der Waals surface area contributed by atoms with E-state index in [1.807, 2.05) is 30.3 Å². The smallest absolute Gasteiger partial charge is 0.449 e. The summed E-state index contributed by atoms with van der Waals surface area (Å²) < 4.78 is 40.7. The van der Waals surface area contributed by atoms with Crippen LogP contribution in [-0.2, 0) is 5.41 Å². The molecule has 0 nitrogen and oxygen atoms in total. The van der Waals surface area contributed by atoms with E-state index in [-0.39, 0.29) is 62.7 Å². The second kappa shape index (κ2) is 5.37. The summed E-state index contributed by atoms with van der Waals surface area (Å²) in [5.74, 6) is 0.182. The first-order valence-corrected chi connectivity index (χ1v) is 7.75. The van der Waals surface area contributed by atoms with Gasteiger partial charge in [-0.15, -0.1) is 0 Å². The van der Waals surface area contributed by atoms with Crippen molar-refractivity contribution in [1.29, 1.82) is 0 Å². The third kappa shape index (κ3) is 2.10. The van der Waals surface area contributed by atoms with E-state index in [2.05, 4.69) is 0 Å². The van der Waals surface area contributed by atoms with Gasteiger partial charge in [0.25, 0.3) is 0 Å². The van der Waals surface area contributed by atoms with Crippen LogP contribution in [0, 0.1) is 11.8 Å². The van der Waals surface area contributed by atoms with E-state index in [4.69, 9.17) is 0 Å². The van der Waals surface area contributed by atoms with E-state index >= 15 is 0 Å². The molecule has 2 bridgehead atoms. The maximum absolute atomic E-state index is 13.6. The largest absolute Gasteiger partial charge is 1.00 e. The van der Waals surface area contributed by atoms with Crippen LogP contribution in [0.2, 0.25) is 5.31 Å². The van der Waals surface area contributed by atoms with Crippen LogP contribution in [0.15, 0.2) is 30.3 Å². The summed E-state index contributed by atoms with van der Waals surface area (Å²) in [4.78, 5) is 0. The Morgan fingerprint density at radius 1 is 0.952 bits per heavy atom. The average molecular weight is 318 g/mol. The number of benzene rings is 1. The third-order valence-corrected chi connectivity index (χ3v) is 6.38. The van der Waals surface area contributed by atoms with Crippen molar-refractivity contribution in [2.24, 2.45) is 11.8 Å². The summed E-state index contributed by atoms with van der Waals surface area (Å²) in [5, 5.41) is -1.29. The Morgan fingerprint density at radius 2 is 1.52 bits per heavy atom. The SMILES string of the molecule is F[B-](F)(F)C12CC(c3ccccc3)(C1)[C@@H]2C1CCCC1.[K+]. The molecule has 5 rings (SSSR count). The van der Waals surface area contributed by atoms with Crippen molar-refractivity contribution in [3.05, 3.63) is 35.9 Å². The predicted molar refractivity (Wildman–Crippen MR) is 74.6 cm³/mol. The van der Waals surface area contributed by atoms with Crippen LogP contribution in [0.4, 0.5) is 12.9 Å². The second-order valence-electron chi connectivity index (χ2n) is 7.21. The van der Waals surface area contributed by atoms with Crippen molar-refractivity contribution in [2.75, 3.05) is 0 Å². The molecule has 1 aromatic rings. The van der Waals surface area contributed by atoms with Crippen molar-refractivity contribution in [3.63, 3.8) is 0 Å². The summed E-state index contributed by atoms with van der Waals surface area (Å²) in [7, 11) is 0. The van der Waals surface area contributed by atoms with Crippen LogP contribution in [0.3, 0.4) is 0 Å². The van der Waals surface area contributed by atoms with Crippen LogP contribution in [-0.4, -0.2) is 6.98 Å². The van der Waals surface area contributed by atoms with Gasteiger partial charge in [-0.3, -0.25) is 0 Å². The standard InChI is InChI=1S/C16H19BF3.K/c18-17(19,20)16-10-15(11-16,13-8-2-1-3-9-13)14(16)12-6-4-5-7-12;/h1-3,8-9,12,14H,4-7,10-11H2;/q-1;+1/t14-,15?,16?;/m0./s1. The molecule has 4 aliphatic rings. The maximum Gasteiger partial charge on any atom is 1.00 e. The Kier molecular flexibility index (Phi) is 4.24. The second-order valence-corrected chi connectivity index (χ2v) is 7.21. The van der Waals surface area contributed by atoms with Crippen LogP contribution < -0.4 is 51.4 Å². The summed E-state index contributed by atoms with van der Waals surface area (Å²) in [6.07, 6.45) is 4.96. The molecule has 21 heavy (non-hydrogen) atoms. The summed E-state index contributed by atoms with van der Waals surface area (Å²) in [5.41, 5.74) is 1.01.